The molecule has 0 atom stereocenters. The van der Waals surface area contributed by atoms with Gasteiger partial charge in [0.25, 0.3) is 0 Å². The van der Waals surface area contributed by atoms with Crippen molar-refractivity contribution in [2.45, 2.75) is 71.1 Å². The summed E-state index contributed by atoms with van der Waals surface area (Å²) in [5.41, 5.74) is 0. The van der Waals surface area contributed by atoms with Crippen molar-refractivity contribution in [3.63, 3.8) is 0 Å². The Morgan fingerprint density at radius 2 is 1.27 bits per heavy atom. The van der Waals surface area contributed by atoms with Crippen LogP contribution in [0.4, 0.5) is 0 Å². The van der Waals surface area contributed by atoms with Crippen molar-refractivity contribution in [2.75, 3.05) is 5.33 Å². The lowest BCUT2D eigenvalue weighted by Gasteiger charge is -1.96. The van der Waals surface area contributed by atoms with Crippen LogP contribution in [0.15, 0.2) is 12.2 Å². The average Bonchev–Trinajstić information content (AvgIpc) is 2.26. The molecule has 0 amide bonds. The highest BCUT2D eigenvalue weighted by Crippen LogP contribution is 2.07. The third-order valence-electron chi connectivity index (χ3n) is 2.65. The number of halogens is 1. The molecule has 90 valence electrons. The van der Waals surface area contributed by atoms with Crippen LogP contribution >= 0.6 is 15.9 Å². The van der Waals surface area contributed by atoms with E-state index in [9.17, 15) is 0 Å². The molecule has 0 aliphatic rings. The summed E-state index contributed by atoms with van der Waals surface area (Å²) in [5.74, 6) is 0. The Hall–Kier alpha value is 0.220. The van der Waals surface area contributed by atoms with Crippen molar-refractivity contribution in [3.05, 3.63) is 12.2 Å². The van der Waals surface area contributed by atoms with Crippen molar-refractivity contribution in [1.29, 1.82) is 0 Å². The number of alkyl halides is 1. The molecule has 0 saturated carbocycles. The molecule has 0 radical (unpaired) electrons. The van der Waals surface area contributed by atoms with Gasteiger partial charge in [0.2, 0.25) is 0 Å². The Kier molecular flexibility index (Phi) is 14.4. The molecular weight excluding hydrogens is 248 g/mol. The Morgan fingerprint density at radius 3 is 1.80 bits per heavy atom. The lowest BCUT2D eigenvalue weighted by Crippen LogP contribution is -1.77. The summed E-state index contributed by atoms with van der Waals surface area (Å²) in [4.78, 5) is 0. The van der Waals surface area contributed by atoms with Gasteiger partial charge in [-0.05, 0) is 32.1 Å². The predicted molar refractivity (Wildman–Crippen MR) is 74.8 cm³/mol. The van der Waals surface area contributed by atoms with Gasteiger partial charge in [0, 0.05) is 5.33 Å². The summed E-state index contributed by atoms with van der Waals surface area (Å²) >= 11 is 3.46. The Balaban J connectivity index is 2.97. The van der Waals surface area contributed by atoms with Crippen molar-refractivity contribution in [2.24, 2.45) is 0 Å². The summed E-state index contributed by atoms with van der Waals surface area (Å²) in [6.45, 7) is 2.27. The van der Waals surface area contributed by atoms with E-state index < -0.39 is 0 Å². The zero-order valence-electron chi connectivity index (χ0n) is 10.3. The third kappa shape index (κ3) is 14.2. The fourth-order valence-corrected chi connectivity index (χ4v) is 2.03. The Morgan fingerprint density at radius 1 is 0.733 bits per heavy atom. The molecule has 1 heteroatoms. The minimum atomic E-state index is 1.16. The zero-order valence-corrected chi connectivity index (χ0v) is 11.9. The molecule has 0 nitrogen and oxygen atoms in total. The first kappa shape index (κ1) is 15.2. The zero-order chi connectivity index (χ0) is 11.2. The molecule has 0 unspecified atom stereocenters. The van der Waals surface area contributed by atoms with Crippen LogP contribution in [-0.4, -0.2) is 5.33 Å². The first-order chi connectivity index (χ1) is 7.41. The summed E-state index contributed by atoms with van der Waals surface area (Å²) in [6, 6.07) is 0. The first-order valence-electron chi connectivity index (χ1n) is 6.62. The molecule has 0 aromatic carbocycles. The lowest BCUT2D eigenvalue weighted by molar-refractivity contribution is 0.636. The molecule has 0 N–H and O–H groups in total. The number of rotatable bonds is 11. The molecule has 0 spiro atoms. The van der Waals surface area contributed by atoms with Gasteiger partial charge in [-0.25, -0.2) is 0 Å². The molecule has 0 bridgehead atoms. The maximum absolute atomic E-state index is 3.46. The van der Waals surface area contributed by atoms with Crippen LogP contribution in [0.1, 0.15) is 71.1 Å². The van der Waals surface area contributed by atoms with Crippen LogP contribution in [0.3, 0.4) is 0 Å². The van der Waals surface area contributed by atoms with E-state index in [4.69, 9.17) is 0 Å². The second-order valence-corrected chi connectivity index (χ2v) is 5.01. The van der Waals surface area contributed by atoms with E-state index in [0.717, 1.165) is 5.33 Å². The molecule has 0 rings (SSSR count). The Bertz CT molecular complexity index is 129. The van der Waals surface area contributed by atoms with E-state index in [-0.39, 0.29) is 0 Å². The SMILES string of the molecule is CCCCCCC/C=C/CCCCCBr. The van der Waals surface area contributed by atoms with Crippen molar-refractivity contribution < 1.29 is 0 Å². The average molecular weight is 275 g/mol. The van der Waals surface area contributed by atoms with Gasteiger partial charge in [0.05, 0.1) is 0 Å². The molecule has 0 heterocycles. The third-order valence-corrected chi connectivity index (χ3v) is 3.21. The number of unbranched alkanes of at least 4 members (excludes halogenated alkanes) is 8. The summed E-state index contributed by atoms with van der Waals surface area (Å²) in [5, 5.41) is 1.16. The molecule has 0 fully saturated rings. The van der Waals surface area contributed by atoms with Crippen LogP contribution in [-0.2, 0) is 0 Å². The van der Waals surface area contributed by atoms with Crippen molar-refractivity contribution in [1.82, 2.24) is 0 Å². The number of hydrogen-bond donors (Lipinski definition) is 0. The molecule has 0 saturated heterocycles. The maximum atomic E-state index is 3.46. The van der Waals surface area contributed by atoms with Gasteiger partial charge in [-0.3, -0.25) is 0 Å². The van der Waals surface area contributed by atoms with E-state index in [2.05, 4.69) is 35.0 Å². The topological polar surface area (TPSA) is 0 Å². The van der Waals surface area contributed by atoms with Crippen LogP contribution in [0, 0.1) is 0 Å². The second kappa shape index (κ2) is 14.2. The second-order valence-electron chi connectivity index (χ2n) is 4.21. The van der Waals surface area contributed by atoms with Crippen LogP contribution in [0.5, 0.6) is 0 Å². The number of hydrogen-bond acceptors (Lipinski definition) is 0. The van der Waals surface area contributed by atoms with Crippen LogP contribution in [0.2, 0.25) is 0 Å². The molecule has 0 aromatic heterocycles. The highest BCUT2D eigenvalue weighted by atomic mass is 79.9. The summed E-state index contributed by atoms with van der Waals surface area (Å²) in [7, 11) is 0. The van der Waals surface area contributed by atoms with Crippen LogP contribution in [0.25, 0.3) is 0 Å². The largest absolute Gasteiger partial charge is 0.0928 e. The predicted octanol–water partition coefficient (Wildman–Crippen LogP) is 5.86. The molecular formula is C14H27Br. The highest BCUT2D eigenvalue weighted by molar-refractivity contribution is 9.09. The minimum absolute atomic E-state index is 1.16. The summed E-state index contributed by atoms with van der Waals surface area (Å²) < 4.78 is 0. The van der Waals surface area contributed by atoms with E-state index in [1.165, 1.54) is 64.2 Å². The van der Waals surface area contributed by atoms with Gasteiger partial charge in [-0.1, -0.05) is 67.1 Å². The van der Waals surface area contributed by atoms with Gasteiger partial charge in [0.1, 0.15) is 0 Å². The van der Waals surface area contributed by atoms with Gasteiger partial charge in [0.15, 0.2) is 0 Å². The quantitative estimate of drug-likeness (QED) is 0.252. The van der Waals surface area contributed by atoms with Gasteiger partial charge >= 0.3 is 0 Å². The lowest BCUT2D eigenvalue weighted by atomic mass is 10.1. The molecule has 15 heavy (non-hydrogen) atoms. The smallest absolute Gasteiger partial charge is 0.00313 e. The standard InChI is InChI=1S/C14H27Br/c1-2-3-4-5-6-7-8-9-10-11-12-13-14-15/h8-9H,2-7,10-14H2,1H3/b9-8+. The highest BCUT2D eigenvalue weighted by Gasteiger charge is 1.87. The van der Waals surface area contributed by atoms with E-state index in [1.54, 1.807) is 0 Å². The number of allylic oxidation sites excluding steroid dienone is 2. The van der Waals surface area contributed by atoms with Gasteiger partial charge in [-0.15, -0.1) is 0 Å². The first-order valence-corrected chi connectivity index (χ1v) is 7.75. The van der Waals surface area contributed by atoms with Gasteiger partial charge < -0.3 is 0 Å². The monoisotopic (exact) mass is 274 g/mol. The normalized spacial score (nSPS) is 11.3. The fraction of sp³-hybridized carbons (Fsp3) is 0.857. The van der Waals surface area contributed by atoms with E-state index in [0.29, 0.717) is 0 Å². The van der Waals surface area contributed by atoms with Gasteiger partial charge in [-0.2, -0.15) is 0 Å². The van der Waals surface area contributed by atoms with Crippen LogP contribution < -0.4 is 0 Å². The Labute approximate surface area is 105 Å². The molecule has 0 aliphatic carbocycles. The fourth-order valence-electron chi connectivity index (χ4n) is 1.63. The molecule has 0 aromatic rings. The van der Waals surface area contributed by atoms with Crippen molar-refractivity contribution >= 4 is 15.9 Å². The van der Waals surface area contributed by atoms with E-state index >= 15 is 0 Å². The maximum Gasteiger partial charge on any atom is 0.00313 e. The van der Waals surface area contributed by atoms with Crippen molar-refractivity contribution in [3.8, 4) is 0 Å². The van der Waals surface area contributed by atoms with E-state index in [1.807, 2.05) is 0 Å². The summed E-state index contributed by atoms with van der Waals surface area (Å²) in [6.07, 6.45) is 18.4. The minimum Gasteiger partial charge on any atom is -0.0928 e. The molecule has 0 aliphatic heterocycles.